The van der Waals surface area contributed by atoms with Gasteiger partial charge in [-0.15, -0.1) is 0 Å². The molecule has 2 aromatic carbocycles. The molecule has 0 atom stereocenters. The van der Waals surface area contributed by atoms with E-state index in [1.807, 2.05) is 0 Å². The van der Waals surface area contributed by atoms with Crippen molar-refractivity contribution in [3.63, 3.8) is 0 Å². The lowest BCUT2D eigenvalue weighted by Crippen LogP contribution is -2.40. The van der Waals surface area contributed by atoms with E-state index in [0.717, 1.165) is 0 Å². The highest BCUT2D eigenvalue weighted by atomic mass is 16.6. The standard InChI is InChI=1S/C17H15N3O5/c1-25-15-5-3-2-4-12(15)8-11-16(21)18-19-17(22)13-6-9-14(10-7-13)20(23)24/h2-11H,1H3,(H,18,21)(H,19,22)/b11-8+. The molecule has 2 aromatic rings. The summed E-state index contributed by atoms with van der Waals surface area (Å²) in [6.45, 7) is 0. The Hall–Kier alpha value is -3.68. The van der Waals surface area contributed by atoms with Crippen LogP contribution in [0.1, 0.15) is 15.9 Å². The number of methoxy groups -OCH3 is 1. The number of non-ortho nitro benzene ring substituents is 1. The first-order valence-electron chi connectivity index (χ1n) is 7.17. The number of nitro groups is 1. The van der Waals surface area contributed by atoms with Crippen LogP contribution in [0.25, 0.3) is 6.08 Å². The van der Waals surface area contributed by atoms with Gasteiger partial charge in [-0.25, -0.2) is 0 Å². The van der Waals surface area contributed by atoms with Crippen molar-refractivity contribution in [3.8, 4) is 5.75 Å². The van der Waals surface area contributed by atoms with Crippen molar-refractivity contribution in [2.24, 2.45) is 0 Å². The second-order valence-corrected chi connectivity index (χ2v) is 4.82. The van der Waals surface area contributed by atoms with Crippen molar-refractivity contribution in [1.82, 2.24) is 10.9 Å². The average Bonchev–Trinajstić information content (AvgIpc) is 2.64. The number of hydrogen-bond donors (Lipinski definition) is 2. The number of rotatable bonds is 5. The fourth-order valence-electron chi connectivity index (χ4n) is 1.94. The Morgan fingerprint density at radius 1 is 1.08 bits per heavy atom. The summed E-state index contributed by atoms with van der Waals surface area (Å²) in [6.07, 6.45) is 2.79. The molecule has 25 heavy (non-hydrogen) atoms. The first-order chi connectivity index (χ1) is 12.0. The van der Waals surface area contributed by atoms with Crippen molar-refractivity contribution in [2.45, 2.75) is 0 Å². The molecule has 0 aliphatic heterocycles. The van der Waals surface area contributed by atoms with Crippen LogP contribution in [0.5, 0.6) is 5.75 Å². The van der Waals surface area contributed by atoms with E-state index in [0.29, 0.717) is 11.3 Å². The van der Waals surface area contributed by atoms with Crippen molar-refractivity contribution < 1.29 is 19.2 Å². The van der Waals surface area contributed by atoms with E-state index < -0.39 is 16.7 Å². The predicted octanol–water partition coefficient (Wildman–Crippen LogP) is 2.08. The first-order valence-corrected chi connectivity index (χ1v) is 7.17. The predicted molar refractivity (Wildman–Crippen MR) is 90.7 cm³/mol. The molecule has 0 radical (unpaired) electrons. The normalized spacial score (nSPS) is 10.3. The maximum absolute atomic E-state index is 11.9. The SMILES string of the molecule is COc1ccccc1/C=C/C(=O)NNC(=O)c1ccc([N+](=O)[O-])cc1. The number of nitro benzene ring substituents is 1. The summed E-state index contributed by atoms with van der Waals surface area (Å²) in [5.74, 6) is -0.517. The molecule has 128 valence electrons. The molecule has 8 heteroatoms. The molecule has 0 aliphatic carbocycles. The number of benzene rings is 2. The van der Waals surface area contributed by atoms with Crippen LogP contribution < -0.4 is 15.6 Å². The number of hydrazine groups is 1. The lowest BCUT2D eigenvalue weighted by molar-refractivity contribution is -0.384. The Balaban J connectivity index is 1.91. The minimum Gasteiger partial charge on any atom is -0.496 e. The van der Waals surface area contributed by atoms with Crippen LogP contribution in [0, 0.1) is 10.1 Å². The van der Waals surface area contributed by atoms with Gasteiger partial charge in [-0.05, 0) is 24.3 Å². The highest BCUT2D eigenvalue weighted by Gasteiger charge is 2.09. The summed E-state index contributed by atoms with van der Waals surface area (Å²) in [7, 11) is 1.52. The molecule has 0 spiro atoms. The maximum atomic E-state index is 11.9. The average molecular weight is 341 g/mol. The smallest absolute Gasteiger partial charge is 0.269 e. The van der Waals surface area contributed by atoms with Crippen molar-refractivity contribution in [3.05, 3.63) is 75.8 Å². The molecule has 0 heterocycles. The van der Waals surface area contributed by atoms with E-state index in [4.69, 9.17) is 4.74 Å². The second-order valence-electron chi connectivity index (χ2n) is 4.82. The number of para-hydroxylation sites is 1. The number of carbonyl (C=O) groups is 2. The molecule has 2 N–H and O–H groups in total. The molecular weight excluding hydrogens is 326 g/mol. The van der Waals surface area contributed by atoms with Gasteiger partial charge < -0.3 is 4.74 Å². The molecule has 0 fully saturated rings. The highest BCUT2D eigenvalue weighted by Crippen LogP contribution is 2.18. The Morgan fingerprint density at radius 2 is 1.76 bits per heavy atom. The van der Waals surface area contributed by atoms with Crippen molar-refractivity contribution >= 4 is 23.6 Å². The van der Waals surface area contributed by atoms with Gasteiger partial charge >= 0.3 is 0 Å². The van der Waals surface area contributed by atoms with Gasteiger partial charge in [0, 0.05) is 29.3 Å². The lowest BCUT2D eigenvalue weighted by Gasteiger charge is -2.06. The van der Waals surface area contributed by atoms with E-state index in [1.54, 1.807) is 30.3 Å². The monoisotopic (exact) mass is 341 g/mol. The zero-order valence-electron chi connectivity index (χ0n) is 13.3. The summed E-state index contributed by atoms with van der Waals surface area (Å²) >= 11 is 0. The summed E-state index contributed by atoms with van der Waals surface area (Å²) in [4.78, 5) is 33.6. The second kappa shape index (κ2) is 8.25. The number of carbonyl (C=O) groups excluding carboxylic acids is 2. The summed E-state index contributed by atoms with van der Waals surface area (Å²) in [5.41, 5.74) is 5.21. The molecule has 2 rings (SSSR count). The van der Waals surface area contributed by atoms with Crippen molar-refractivity contribution in [2.75, 3.05) is 7.11 Å². The summed E-state index contributed by atoms with van der Waals surface area (Å²) < 4.78 is 5.16. The zero-order chi connectivity index (χ0) is 18.2. The van der Waals surface area contributed by atoms with Crippen LogP contribution in [-0.2, 0) is 4.79 Å². The molecule has 0 aliphatic rings. The number of nitrogens with one attached hydrogen (secondary N) is 2. The fourth-order valence-corrected chi connectivity index (χ4v) is 1.94. The van der Waals surface area contributed by atoms with Gasteiger partial charge in [-0.1, -0.05) is 18.2 Å². The third kappa shape index (κ3) is 4.90. The Morgan fingerprint density at radius 3 is 2.40 bits per heavy atom. The topological polar surface area (TPSA) is 111 Å². The molecule has 0 saturated carbocycles. The molecule has 0 unspecified atom stereocenters. The van der Waals surface area contributed by atoms with E-state index in [2.05, 4.69) is 10.9 Å². The van der Waals surface area contributed by atoms with Crippen LogP contribution in [0.4, 0.5) is 5.69 Å². The largest absolute Gasteiger partial charge is 0.496 e. The van der Waals surface area contributed by atoms with Gasteiger partial charge in [-0.2, -0.15) is 0 Å². The van der Waals surface area contributed by atoms with Crippen LogP contribution >= 0.6 is 0 Å². The molecule has 8 nitrogen and oxygen atoms in total. The van der Waals surface area contributed by atoms with Gasteiger partial charge in [0.25, 0.3) is 17.5 Å². The molecule has 0 bridgehead atoms. The minimum absolute atomic E-state index is 0.125. The highest BCUT2D eigenvalue weighted by molar-refractivity contribution is 5.98. The zero-order valence-corrected chi connectivity index (χ0v) is 13.3. The van der Waals surface area contributed by atoms with Crippen LogP contribution in [0.15, 0.2) is 54.6 Å². The molecule has 0 saturated heterocycles. The van der Waals surface area contributed by atoms with Gasteiger partial charge in [0.15, 0.2) is 0 Å². The third-order valence-corrected chi connectivity index (χ3v) is 3.19. The lowest BCUT2D eigenvalue weighted by atomic mass is 10.2. The van der Waals surface area contributed by atoms with Gasteiger partial charge in [0.2, 0.25) is 0 Å². The summed E-state index contributed by atoms with van der Waals surface area (Å²) in [5, 5.41) is 10.6. The number of amides is 2. The van der Waals surface area contributed by atoms with Gasteiger partial charge in [-0.3, -0.25) is 30.6 Å². The summed E-state index contributed by atoms with van der Waals surface area (Å²) in [6, 6.07) is 12.1. The Bertz CT molecular complexity index is 815. The number of nitrogens with zero attached hydrogens (tertiary/aromatic N) is 1. The number of ether oxygens (including phenoxy) is 1. The van der Waals surface area contributed by atoms with E-state index in [9.17, 15) is 19.7 Å². The fraction of sp³-hybridized carbons (Fsp3) is 0.0588. The first kappa shape index (κ1) is 17.7. The molecular formula is C17H15N3O5. The van der Waals surface area contributed by atoms with Crippen molar-refractivity contribution in [1.29, 1.82) is 0 Å². The minimum atomic E-state index is -0.589. The number of hydrogen-bond acceptors (Lipinski definition) is 5. The quantitative estimate of drug-likeness (QED) is 0.491. The van der Waals surface area contributed by atoms with Crippen LogP contribution in [0.2, 0.25) is 0 Å². The van der Waals surface area contributed by atoms with Gasteiger partial charge in [0.1, 0.15) is 5.75 Å². The van der Waals surface area contributed by atoms with E-state index in [1.165, 1.54) is 37.5 Å². The Kier molecular flexibility index (Phi) is 5.83. The molecule has 2 amide bonds. The van der Waals surface area contributed by atoms with Crippen LogP contribution in [0.3, 0.4) is 0 Å². The van der Waals surface area contributed by atoms with E-state index >= 15 is 0 Å². The van der Waals surface area contributed by atoms with Crippen LogP contribution in [-0.4, -0.2) is 23.8 Å². The third-order valence-electron chi connectivity index (χ3n) is 3.19. The van der Waals surface area contributed by atoms with Gasteiger partial charge in [0.05, 0.1) is 12.0 Å². The van der Waals surface area contributed by atoms with E-state index in [-0.39, 0.29) is 11.3 Å². The Labute approximate surface area is 143 Å². The molecule has 0 aromatic heterocycles. The maximum Gasteiger partial charge on any atom is 0.269 e.